The van der Waals surface area contributed by atoms with E-state index in [1.807, 2.05) is 63.2 Å². The number of fused-ring (bicyclic) bond motifs is 1. The molecule has 0 aromatic heterocycles. The summed E-state index contributed by atoms with van der Waals surface area (Å²) in [5, 5.41) is 17.0. The molecule has 3 aliphatic rings. The first-order valence-corrected chi connectivity index (χ1v) is 16.6. The number of benzene rings is 2. The zero-order valence-corrected chi connectivity index (χ0v) is 27.7. The van der Waals surface area contributed by atoms with Crippen molar-refractivity contribution in [1.29, 1.82) is 0 Å². The third-order valence-electron chi connectivity index (χ3n) is 9.29. The second-order valence-corrected chi connectivity index (χ2v) is 16.0. The van der Waals surface area contributed by atoms with Crippen LogP contribution < -0.4 is 15.4 Å². The number of carbonyl (C=O) groups excluding carboxylic acids is 3. The lowest BCUT2D eigenvalue weighted by Gasteiger charge is -2.42. The number of thioether (sulfide) groups is 1. The molecule has 3 amide bonds. The van der Waals surface area contributed by atoms with E-state index < -0.39 is 34.2 Å². The minimum absolute atomic E-state index is 0.0163. The van der Waals surface area contributed by atoms with Gasteiger partial charge in [-0.05, 0) is 74.8 Å². The molecule has 3 unspecified atom stereocenters. The van der Waals surface area contributed by atoms with Crippen LogP contribution in [-0.2, 0) is 14.4 Å². The van der Waals surface area contributed by atoms with Crippen LogP contribution in [0, 0.1) is 23.2 Å². The quantitative estimate of drug-likeness (QED) is 0.327. The van der Waals surface area contributed by atoms with Crippen molar-refractivity contribution in [2.45, 2.75) is 88.9 Å². The second-order valence-electron chi connectivity index (χ2n) is 14.5. The predicted molar refractivity (Wildman–Crippen MR) is 174 cm³/mol. The second kappa shape index (κ2) is 12.0. The fourth-order valence-electron chi connectivity index (χ4n) is 8.22. The van der Waals surface area contributed by atoms with Crippen LogP contribution in [0.25, 0.3) is 0 Å². The minimum Gasteiger partial charge on any atom is -0.494 e. The number of ether oxygens (including phenoxy) is 1. The fraction of sp³-hybridized carbons (Fsp3) is 0.571. The highest BCUT2D eigenvalue weighted by Crippen LogP contribution is 2.69. The number of likely N-dealkylation sites (tertiary alicyclic amines) is 1. The van der Waals surface area contributed by atoms with Crippen molar-refractivity contribution in [2.75, 3.05) is 18.5 Å². The van der Waals surface area contributed by atoms with E-state index in [1.54, 1.807) is 28.8 Å². The van der Waals surface area contributed by atoms with Crippen LogP contribution in [0.5, 0.6) is 5.75 Å². The molecule has 7 atom stereocenters. The SMILES string of the molecule is CCOc1ccc(NC(=O)[C@@H]2[C@H]3C(=O)N([C@H](CO)c4ccccc4)C(C(=O)NC(C)(C)CC(C)(C)C)C34S[C@@H]2CC4C)cc1. The van der Waals surface area contributed by atoms with E-state index in [1.165, 1.54) is 0 Å². The molecule has 3 N–H and O–H groups in total. The first-order valence-electron chi connectivity index (χ1n) is 15.7. The van der Waals surface area contributed by atoms with Crippen LogP contribution in [0.2, 0.25) is 0 Å². The summed E-state index contributed by atoms with van der Waals surface area (Å²) < 4.78 is 4.74. The molecule has 1 spiro atoms. The Balaban J connectivity index is 1.53. The lowest BCUT2D eigenvalue weighted by Crippen LogP contribution is -2.60. The standard InChI is InChI=1S/C35H47N3O5S/c1-8-43-24-16-14-23(15-17-24)36-30(40)27-26-18-21(2)35(44-26)28(27)32(42)38(25(19-39)22-12-10-9-11-13-22)29(35)31(41)37-34(6,7)20-33(3,4)5/h9-17,21,25-29,39H,8,18-20H2,1-7H3,(H,36,40)(H,37,41)/t21?,25-,26-,27+,28+,29?,35?/m1/s1. The summed E-state index contributed by atoms with van der Waals surface area (Å²) in [6.07, 6.45) is 1.47. The molecule has 238 valence electrons. The average molecular weight is 622 g/mol. The lowest BCUT2D eigenvalue weighted by molar-refractivity contribution is -0.142. The smallest absolute Gasteiger partial charge is 0.244 e. The Morgan fingerprint density at radius 3 is 2.32 bits per heavy atom. The van der Waals surface area contributed by atoms with Crippen molar-refractivity contribution < 1.29 is 24.2 Å². The van der Waals surface area contributed by atoms with E-state index in [9.17, 15) is 19.5 Å². The summed E-state index contributed by atoms with van der Waals surface area (Å²) in [6.45, 7) is 14.7. The maximum atomic E-state index is 14.7. The molecule has 3 aliphatic heterocycles. The van der Waals surface area contributed by atoms with Crippen LogP contribution in [0.1, 0.15) is 72.9 Å². The molecule has 2 aromatic rings. The molecule has 8 nitrogen and oxygen atoms in total. The van der Waals surface area contributed by atoms with Gasteiger partial charge in [0.25, 0.3) is 0 Å². The summed E-state index contributed by atoms with van der Waals surface area (Å²) in [4.78, 5) is 44.9. The van der Waals surface area contributed by atoms with Gasteiger partial charge in [-0.3, -0.25) is 14.4 Å². The Hall–Kier alpha value is -3.04. The summed E-state index contributed by atoms with van der Waals surface area (Å²) in [5.41, 5.74) is 0.827. The zero-order valence-electron chi connectivity index (χ0n) is 26.9. The summed E-state index contributed by atoms with van der Waals surface area (Å²) >= 11 is 1.63. The molecule has 0 radical (unpaired) electrons. The van der Waals surface area contributed by atoms with Gasteiger partial charge < -0.3 is 25.4 Å². The maximum Gasteiger partial charge on any atom is 0.244 e. The predicted octanol–water partition coefficient (Wildman–Crippen LogP) is 5.43. The molecular weight excluding hydrogens is 574 g/mol. The van der Waals surface area contributed by atoms with Crippen molar-refractivity contribution in [3.63, 3.8) is 0 Å². The largest absolute Gasteiger partial charge is 0.494 e. The normalized spacial score (nSPS) is 28.5. The molecule has 44 heavy (non-hydrogen) atoms. The highest BCUT2D eigenvalue weighted by atomic mass is 32.2. The van der Waals surface area contributed by atoms with Crippen molar-refractivity contribution in [1.82, 2.24) is 10.2 Å². The van der Waals surface area contributed by atoms with E-state index in [-0.39, 0.29) is 40.9 Å². The number of hydrogen-bond acceptors (Lipinski definition) is 6. The zero-order chi connectivity index (χ0) is 32.0. The number of hydrogen-bond donors (Lipinski definition) is 3. The van der Waals surface area contributed by atoms with Gasteiger partial charge in [-0.25, -0.2) is 0 Å². The number of rotatable bonds is 10. The Morgan fingerprint density at radius 1 is 1.07 bits per heavy atom. The number of carbonyl (C=O) groups is 3. The van der Waals surface area contributed by atoms with Gasteiger partial charge in [-0.15, -0.1) is 11.8 Å². The summed E-state index contributed by atoms with van der Waals surface area (Å²) in [6, 6.07) is 15.0. The third-order valence-corrected chi connectivity index (χ3v) is 11.4. The Bertz CT molecular complexity index is 1370. The minimum atomic E-state index is -0.843. The number of nitrogens with one attached hydrogen (secondary N) is 2. The van der Waals surface area contributed by atoms with Crippen molar-refractivity contribution in [3.05, 3.63) is 60.2 Å². The number of nitrogens with zero attached hydrogens (tertiary/aromatic N) is 1. The highest BCUT2D eigenvalue weighted by Gasteiger charge is 2.76. The molecule has 3 heterocycles. The van der Waals surface area contributed by atoms with E-state index in [0.29, 0.717) is 12.3 Å². The number of aliphatic hydroxyl groups is 1. The highest BCUT2D eigenvalue weighted by molar-refractivity contribution is 8.02. The first-order chi connectivity index (χ1) is 20.7. The van der Waals surface area contributed by atoms with Crippen molar-refractivity contribution in [3.8, 4) is 5.75 Å². The van der Waals surface area contributed by atoms with Gasteiger partial charge in [0.05, 0.1) is 35.8 Å². The van der Waals surface area contributed by atoms with Crippen LogP contribution in [0.15, 0.2) is 54.6 Å². The van der Waals surface area contributed by atoms with Gasteiger partial charge in [0, 0.05) is 16.5 Å². The van der Waals surface area contributed by atoms with Crippen LogP contribution in [0.4, 0.5) is 5.69 Å². The molecule has 3 fully saturated rings. The number of aliphatic hydroxyl groups excluding tert-OH is 1. The molecule has 0 aliphatic carbocycles. The van der Waals surface area contributed by atoms with Gasteiger partial charge in [-0.1, -0.05) is 58.0 Å². The van der Waals surface area contributed by atoms with Gasteiger partial charge in [0.15, 0.2) is 0 Å². The van der Waals surface area contributed by atoms with Crippen LogP contribution in [-0.4, -0.2) is 62.5 Å². The molecule has 3 saturated heterocycles. The van der Waals surface area contributed by atoms with Crippen molar-refractivity contribution >= 4 is 35.2 Å². The first kappa shape index (κ1) is 32.4. The maximum absolute atomic E-state index is 14.7. The molecule has 5 rings (SSSR count). The van der Waals surface area contributed by atoms with Crippen LogP contribution in [0.3, 0.4) is 0 Å². The Labute approximate surface area is 265 Å². The van der Waals surface area contributed by atoms with E-state index in [4.69, 9.17) is 4.74 Å². The monoisotopic (exact) mass is 621 g/mol. The van der Waals surface area contributed by atoms with E-state index in [0.717, 1.165) is 24.2 Å². The van der Waals surface area contributed by atoms with E-state index >= 15 is 0 Å². The van der Waals surface area contributed by atoms with Gasteiger partial charge in [0.2, 0.25) is 17.7 Å². The third kappa shape index (κ3) is 5.85. The number of anilines is 1. The topological polar surface area (TPSA) is 108 Å². The fourth-order valence-corrected chi connectivity index (χ4v) is 10.6. The van der Waals surface area contributed by atoms with Gasteiger partial charge >= 0.3 is 0 Å². The summed E-state index contributed by atoms with van der Waals surface area (Å²) in [5.74, 6) is -1.24. The number of amides is 3. The van der Waals surface area contributed by atoms with Gasteiger partial charge in [-0.2, -0.15) is 0 Å². The van der Waals surface area contributed by atoms with Crippen LogP contribution >= 0.6 is 11.8 Å². The lowest BCUT2D eigenvalue weighted by atomic mass is 9.65. The molecular formula is C35H47N3O5S. The Kier molecular flexibility index (Phi) is 8.86. The average Bonchev–Trinajstić information content (AvgIpc) is 3.53. The molecule has 2 aromatic carbocycles. The summed E-state index contributed by atoms with van der Waals surface area (Å²) in [7, 11) is 0. The Morgan fingerprint density at radius 2 is 1.73 bits per heavy atom. The van der Waals surface area contributed by atoms with Crippen molar-refractivity contribution in [2.24, 2.45) is 23.2 Å². The molecule has 0 saturated carbocycles. The van der Waals surface area contributed by atoms with Gasteiger partial charge in [0.1, 0.15) is 11.8 Å². The molecule has 9 heteroatoms. The molecule has 2 bridgehead atoms. The van der Waals surface area contributed by atoms with E-state index in [2.05, 4.69) is 38.3 Å².